The first-order valence-corrected chi connectivity index (χ1v) is 16.5. The average Bonchev–Trinajstić information content (AvgIpc) is 2.97. The number of carbonyl (C=O) groups is 2. The van der Waals surface area contributed by atoms with Crippen LogP contribution in [0, 0.1) is 6.92 Å². The van der Waals surface area contributed by atoms with E-state index < -0.39 is 28.5 Å². The lowest BCUT2D eigenvalue weighted by Gasteiger charge is -2.34. The zero-order valence-electron chi connectivity index (χ0n) is 25.1. The molecule has 11 heteroatoms. The SMILES string of the molecule is CCOc1ccccc1N(CC(=O)N(Cc1c(Cl)cccc1Cl)[C@H](CC)C(=O)N[C@@H](C)CC)S(=O)(=O)c1ccc(C)cc1. The standard InChI is InChI=1S/C32H39Cl2N3O5S/c1-6-23(5)35-32(39)28(7-2)36(20-25-26(33)12-11-13-27(25)34)31(38)21-37(29-14-9-10-15-30(29)42-8-3)43(40,41)24-18-16-22(4)17-19-24/h9-19,23,28H,6-8,20-21H2,1-5H3,(H,35,39)/t23-,28+/m0/s1. The molecule has 8 nitrogen and oxygen atoms in total. The highest BCUT2D eigenvalue weighted by molar-refractivity contribution is 7.92. The Balaban J connectivity index is 2.15. The molecule has 0 saturated heterocycles. The number of para-hydroxylation sites is 2. The summed E-state index contributed by atoms with van der Waals surface area (Å²) in [6.45, 7) is 8.84. The molecule has 1 N–H and O–H groups in total. The van der Waals surface area contributed by atoms with Gasteiger partial charge in [0.1, 0.15) is 18.3 Å². The van der Waals surface area contributed by atoms with Gasteiger partial charge >= 0.3 is 0 Å². The summed E-state index contributed by atoms with van der Waals surface area (Å²) >= 11 is 13.0. The monoisotopic (exact) mass is 647 g/mol. The Kier molecular flexibility index (Phi) is 12.3. The lowest BCUT2D eigenvalue weighted by atomic mass is 10.1. The van der Waals surface area contributed by atoms with Crippen LogP contribution < -0.4 is 14.4 Å². The van der Waals surface area contributed by atoms with Crippen LogP contribution in [0.4, 0.5) is 5.69 Å². The second-order valence-electron chi connectivity index (χ2n) is 10.2. The van der Waals surface area contributed by atoms with Crippen molar-refractivity contribution < 1.29 is 22.7 Å². The first-order valence-electron chi connectivity index (χ1n) is 14.3. The zero-order valence-corrected chi connectivity index (χ0v) is 27.5. The third-order valence-electron chi connectivity index (χ3n) is 7.10. The molecule has 0 spiro atoms. The van der Waals surface area contributed by atoms with Crippen molar-refractivity contribution in [3.8, 4) is 5.75 Å². The Labute approximate surface area is 265 Å². The van der Waals surface area contributed by atoms with Crippen molar-refractivity contribution >= 4 is 50.7 Å². The third-order valence-corrected chi connectivity index (χ3v) is 9.58. The minimum absolute atomic E-state index is 0.0134. The van der Waals surface area contributed by atoms with E-state index >= 15 is 0 Å². The van der Waals surface area contributed by atoms with Gasteiger partial charge in [-0.3, -0.25) is 13.9 Å². The zero-order chi connectivity index (χ0) is 31.7. The number of nitrogens with one attached hydrogen (secondary N) is 1. The van der Waals surface area contributed by atoms with Crippen molar-refractivity contribution in [3.63, 3.8) is 0 Å². The van der Waals surface area contributed by atoms with Crippen molar-refractivity contribution in [2.45, 2.75) is 71.0 Å². The van der Waals surface area contributed by atoms with Crippen molar-refractivity contribution in [1.82, 2.24) is 10.2 Å². The second-order valence-corrected chi connectivity index (χ2v) is 12.9. The summed E-state index contributed by atoms with van der Waals surface area (Å²) in [5.74, 6) is -0.657. The number of anilines is 1. The number of rotatable bonds is 14. The predicted octanol–water partition coefficient (Wildman–Crippen LogP) is 6.62. The van der Waals surface area contributed by atoms with Gasteiger partial charge in [0.05, 0.1) is 17.2 Å². The topological polar surface area (TPSA) is 96.0 Å². The van der Waals surface area contributed by atoms with E-state index in [0.717, 1.165) is 9.87 Å². The van der Waals surface area contributed by atoms with E-state index in [-0.39, 0.29) is 42.1 Å². The summed E-state index contributed by atoms with van der Waals surface area (Å²) in [6.07, 6.45) is 0.972. The molecule has 0 heterocycles. The number of aryl methyl sites for hydroxylation is 1. The average molecular weight is 649 g/mol. The molecule has 43 heavy (non-hydrogen) atoms. The first kappa shape index (κ1) is 34.2. The van der Waals surface area contributed by atoms with Gasteiger partial charge in [-0.1, -0.05) is 72.9 Å². The van der Waals surface area contributed by atoms with Gasteiger partial charge in [-0.15, -0.1) is 0 Å². The van der Waals surface area contributed by atoms with E-state index in [1.165, 1.54) is 17.0 Å². The number of hydrogen-bond donors (Lipinski definition) is 1. The molecular weight excluding hydrogens is 609 g/mol. The van der Waals surface area contributed by atoms with E-state index in [2.05, 4.69) is 5.32 Å². The van der Waals surface area contributed by atoms with Crippen molar-refractivity contribution in [2.75, 3.05) is 17.5 Å². The van der Waals surface area contributed by atoms with Crippen LogP contribution in [0.1, 0.15) is 51.7 Å². The molecule has 0 saturated carbocycles. The number of sulfonamides is 1. The molecule has 232 valence electrons. The normalized spacial score (nSPS) is 12.7. The van der Waals surface area contributed by atoms with E-state index in [0.29, 0.717) is 27.8 Å². The van der Waals surface area contributed by atoms with Crippen LogP contribution in [0.3, 0.4) is 0 Å². The summed E-state index contributed by atoms with van der Waals surface area (Å²) in [4.78, 5) is 29.2. The molecule has 0 fully saturated rings. The number of benzene rings is 3. The molecular formula is C32H39Cl2N3O5S. The van der Waals surface area contributed by atoms with Crippen molar-refractivity contribution in [3.05, 3.63) is 87.9 Å². The Hall–Kier alpha value is -3.27. The number of amides is 2. The van der Waals surface area contributed by atoms with Crippen LogP contribution >= 0.6 is 23.2 Å². The molecule has 0 aliphatic rings. The number of halogens is 2. The van der Waals surface area contributed by atoms with Gasteiger partial charge in [0.25, 0.3) is 10.0 Å². The van der Waals surface area contributed by atoms with Gasteiger partial charge in [-0.05, 0) is 70.0 Å². The van der Waals surface area contributed by atoms with Crippen LogP contribution in [0.2, 0.25) is 10.0 Å². The summed E-state index contributed by atoms with van der Waals surface area (Å²) in [6, 6.07) is 17.0. The second kappa shape index (κ2) is 15.5. The lowest BCUT2D eigenvalue weighted by Crippen LogP contribution is -2.53. The third kappa shape index (κ3) is 8.43. The van der Waals surface area contributed by atoms with E-state index in [9.17, 15) is 18.0 Å². The smallest absolute Gasteiger partial charge is 0.264 e. The molecule has 2 atom stereocenters. The highest BCUT2D eigenvalue weighted by Crippen LogP contribution is 2.33. The van der Waals surface area contributed by atoms with Crippen LogP contribution in [0.15, 0.2) is 71.6 Å². The molecule has 3 aromatic carbocycles. The minimum Gasteiger partial charge on any atom is -0.492 e. The molecule has 0 radical (unpaired) electrons. The van der Waals surface area contributed by atoms with Crippen molar-refractivity contribution in [1.29, 1.82) is 0 Å². The predicted molar refractivity (Wildman–Crippen MR) is 172 cm³/mol. The quantitative estimate of drug-likeness (QED) is 0.212. The van der Waals surface area contributed by atoms with E-state index in [1.54, 1.807) is 68.4 Å². The van der Waals surface area contributed by atoms with Gasteiger partial charge in [-0.25, -0.2) is 8.42 Å². The van der Waals surface area contributed by atoms with Gasteiger partial charge in [0.15, 0.2) is 0 Å². The molecule has 0 bridgehead atoms. The van der Waals surface area contributed by atoms with Crippen LogP contribution in [-0.2, 0) is 26.2 Å². The van der Waals surface area contributed by atoms with E-state index in [4.69, 9.17) is 27.9 Å². The van der Waals surface area contributed by atoms with Gasteiger partial charge in [-0.2, -0.15) is 0 Å². The number of nitrogens with zero attached hydrogens (tertiary/aromatic N) is 2. The maximum Gasteiger partial charge on any atom is 0.264 e. The largest absolute Gasteiger partial charge is 0.492 e. The first-order chi connectivity index (χ1) is 20.4. The van der Waals surface area contributed by atoms with E-state index in [1.807, 2.05) is 20.8 Å². The number of carbonyl (C=O) groups excluding carboxylic acids is 2. The lowest BCUT2D eigenvalue weighted by molar-refractivity contribution is -0.140. The maximum atomic E-state index is 14.3. The molecule has 3 aromatic rings. The van der Waals surface area contributed by atoms with Gasteiger partial charge in [0.2, 0.25) is 11.8 Å². The molecule has 2 amide bonds. The Morgan fingerprint density at radius 2 is 1.53 bits per heavy atom. The molecule has 0 aliphatic heterocycles. The van der Waals surface area contributed by atoms with Gasteiger partial charge in [0, 0.05) is 28.2 Å². The fourth-order valence-electron chi connectivity index (χ4n) is 4.51. The molecule has 0 aliphatic carbocycles. The molecule has 3 rings (SSSR count). The summed E-state index contributed by atoms with van der Waals surface area (Å²) in [7, 11) is -4.25. The fourth-order valence-corrected chi connectivity index (χ4v) is 6.45. The van der Waals surface area contributed by atoms with Crippen LogP contribution in [-0.4, -0.2) is 50.4 Å². The van der Waals surface area contributed by atoms with Crippen LogP contribution in [0.5, 0.6) is 5.75 Å². The highest BCUT2D eigenvalue weighted by atomic mass is 35.5. The minimum atomic E-state index is -4.25. The maximum absolute atomic E-state index is 14.3. The van der Waals surface area contributed by atoms with Crippen LogP contribution in [0.25, 0.3) is 0 Å². The number of ether oxygens (including phenoxy) is 1. The Bertz CT molecular complexity index is 1500. The number of hydrogen-bond acceptors (Lipinski definition) is 5. The van der Waals surface area contributed by atoms with Crippen molar-refractivity contribution in [2.24, 2.45) is 0 Å². The summed E-state index contributed by atoms with van der Waals surface area (Å²) in [5, 5.41) is 3.61. The fraction of sp³-hybridized carbons (Fsp3) is 0.375. The summed E-state index contributed by atoms with van der Waals surface area (Å²) < 4.78 is 35.1. The molecule has 0 aromatic heterocycles. The van der Waals surface area contributed by atoms with Gasteiger partial charge < -0.3 is 15.0 Å². The summed E-state index contributed by atoms with van der Waals surface area (Å²) in [5.41, 5.74) is 1.54. The molecule has 0 unspecified atom stereocenters. The Morgan fingerprint density at radius 1 is 0.907 bits per heavy atom. The Morgan fingerprint density at radius 3 is 2.12 bits per heavy atom. The highest BCUT2D eigenvalue weighted by Gasteiger charge is 2.35.